The highest BCUT2D eigenvalue weighted by Gasteiger charge is 2.45. The third-order valence-electron chi connectivity index (χ3n) is 6.69. The van der Waals surface area contributed by atoms with Gasteiger partial charge in [-0.1, -0.05) is 42.5 Å². The number of carbonyl (C=O) groups is 3. The molecule has 7 N–H and O–H groups in total. The van der Waals surface area contributed by atoms with Crippen molar-refractivity contribution in [2.75, 3.05) is 19.7 Å². The number of hydrogen-bond donors (Lipinski definition) is 5. The van der Waals surface area contributed by atoms with Crippen LogP contribution in [0.3, 0.4) is 0 Å². The van der Waals surface area contributed by atoms with Crippen molar-refractivity contribution in [1.82, 2.24) is 15.5 Å². The van der Waals surface area contributed by atoms with E-state index in [0.717, 1.165) is 0 Å². The highest BCUT2D eigenvalue weighted by Crippen LogP contribution is 2.27. The lowest BCUT2D eigenvalue weighted by molar-refractivity contribution is -0.206. The molecule has 3 rings (SSSR count). The van der Waals surface area contributed by atoms with Gasteiger partial charge in [-0.3, -0.25) is 15.0 Å². The van der Waals surface area contributed by atoms with E-state index >= 15 is 0 Å². The number of halogens is 3. The zero-order chi connectivity index (χ0) is 30.9. The van der Waals surface area contributed by atoms with Gasteiger partial charge < -0.3 is 36.5 Å². The molecular weight excluding hydrogens is 557 g/mol. The highest BCUT2D eigenvalue weighted by molar-refractivity contribution is 5.91. The lowest BCUT2D eigenvalue weighted by Gasteiger charge is -2.34. The van der Waals surface area contributed by atoms with Crippen LogP contribution in [-0.2, 0) is 25.5 Å². The Labute approximate surface area is 241 Å². The molecule has 0 aliphatic carbocycles. The standard InChI is InChI=1S/C28H35F3N6O5/c1-2-41-20-10-8-17(9-11-20)16-21(32)24(38)36-22(25(39)35-19-12-14-37(15-13-19)27(33)34)23(18-6-4-3-5-7-18)42-26(40)28(29,30)31/h3-11,19,21-23H,2,12-16,32H2,1H3,(H3,33,34)(H,35,39)(H,36,38)/t21?,22-,23-/m1/s1. The SMILES string of the molecule is CCOc1ccc(CC(N)C(=O)N[C@@H](C(=O)NC2CCN(C(=N)N)CC2)[C@H](OC(=O)C(F)(F)F)c2ccccc2)cc1. The highest BCUT2D eigenvalue weighted by atomic mass is 19.4. The molecule has 3 atom stereocenters. The number of alkyl halides is 3. The Hall–Kier alpha value is -4.33. The second-order valence-electron chi connectivity index (χ2n) is 9.76. The first-order valence-electron chi connectivity index (χ1n) is 13.4. The van der Waals surface area contributed by atoms with Crippen molar-refractivity contribution in [2.24, 2.45) is 11.5 Å². The molecule has 1 heterocycles. The molecule has 0 aromatic heterocycles. The van der Waals surface area contributed by atoms with Crippen LogP contribution in [0.15, 0.2) is 54.6 Å². The second kappa shape index (κ2) is 14.5. The molecule has 1 aliphatic rings. The number of nitrogens with zero attached hydrogens (tertiary/aromatic N) is 1. The maximum absolute atomic E-state index is 13.6. The average molecular weight is 593 g/mol. The number of rotatable bonds is 11. The van der Waals surface area contributed by atoms with Crippen molar-refractivity contribution in [2.45, 2.75) is 56.6 Å². The minimum Gasteiger partial charge on any atom is -0.494 e. The first-order chi connectivity index (χ1) is 19.9. The number of nitrogens with two attached hydrogens (primary N) is 2. The summed E-state index contributed by atoms with van der Waals surface area (Å²) in [6.45, 7) is 3.05. The Morgan fingerprint density at radius 1 is 1.05 bits per heavy atom. The van der Waals surface area contributed by atoms with Crippen LogP contribution in [0.4, 0.5) is 13.2 Å². The maximum atomic E-state index is 13.6. The summed E-state index contributed by atoms with van der Waals surface area (Å²) in [5.74, 6) is -3.70. The molecule has 14 heteroatoms. The van der Waals surface area contributed by atoms with Gasteiger partial charge in [0.05, 0.1) is 12.6 Å². The molecule has 1 fully saturated rings. The molecule has 0 radical (unpaired) electrons. The van der Waals surface area contributed by atoms with Crippen molar-refractivity contribution in [3.05, 3.63) is 65.7 Å². The van der Waals surface area contributed by atoms with E-state index in [1.807, 2.05) is 6.92 Å². The molecule has 2 aromatic carbocycles. The monoisotopic (exact) mass is 592 g/mol. The number of amides is 2. The van der Waals surface area contributed by atoms with E-state index < -0.39 is 48.2 Å². The summed E-state index contributed by atoms with van der Waals surface area (Å²) in [4.78, 5) is 40.3. The molecule has 0 bridgehead atoms. The summed E-state index contributed by atoms with van der Waals surface area (Å²) in [5, 5.41) is 12.7. The van der Waals surface area contributed by atoms with Crippen molar-refractivity contribution in [3.63, 3.8) is 0 Å². The number of benzene rings is 2. The van der Waals surface area contributed by atoms with Crippen LogP contribution in [0.5, 0.6) is 5.75 Å². The third kappa shape index (κ3) is 9.09. The number of esters is 1. The van der Waals surface area contributed by atoms with Gasteiger partial charge in [0.15, 0.2) is 12.1 Å². The topological polar surface area (TPSA) is 173 Å². The van der Waals surface area contributed by atoms with E-state index in [-0.39, 0.29) is 17.9 Å². The largest absolute Gasteiger partial charge is 0.494 e. The van der Waals surface area contributed by atoms with E-state index in [0.29, 0.717) is 43.9 Å². The van der Waals surface area contributed by atoms with Gasteiger partial charge >= 0.3 is 12.1 Å². The van der Waals surface area contributed by atoms with Gasteiger partial charge in [-0.15, -0.1) is 0 Å². The molecule has 0 spiro atoms. The lowest BCUT2D eigenvalue weighted by Crippen LogP contribution is -2.58. The molecule has 0 saturated carbocycles. The second-order valence-corrected chi connectivity index (χ2v) is 9.76. The predicted molar refractivity (Wildman–Crippen MR) is 147 cm³/mol. The zero-order valence-corrected chi connectivity index (χ0v) is 23.0. The fourth-order valence-electron chi connectivity index (χ4n) is 4.48. The van der Waals surface area contributed by atoms with Crippen LogP contribution in [0.2, 0.25) is 0 Å². The summed E-state index contributed by atoms with van der Waals surface area (Å²) < 4.78 is 50.0. The fraction of sp³-hybridized carbons (Fsp3) is 0.429. The van der Waals surface area contributed by atoms with E-state index in [9.17, 15) is 27.6 Å². The van der Waals surface area contributed by atoms with Crippen molar-refractivity contribution < 1.29 is 37.0 Å². The normalized spacial score (nSPS) is 16.1. The molecule has 1 aliphatic heterocycles. The molecule has 2 aromatic rings. The van der Waals surface area contributed by atoms with E-state index in [4.69, 9.17) is 26.4 Å². The van der Waals surface area contributed by atoms with Crippen molar-refractivity contribution in [1.29, 1.82) is 5.41 Å². The fourth-order valence-corrected chi connectivity index (χ4v) is 4.48. The van der Waals surface area contributed by atoms with Gasteiger partial charge in [-0.05, 0) is 49.4 Å². The average Bonchev–Trinajstić information content (AvgIpc) is 2.96. The van der Waals surface area contributed by atoms with Crippen LogP contribution in [0, 0.1) is 5.41 Å². The van der Waals surface area contributed by atoms with Gasteiger partial charge in [-0.25, -0.2) is 4.79 Å². The predicted octanol–water partition coefficient (Wildman–Crippen LogP) is 1.76. The van der Waals surface area contributed by atoms with Crippen molar-refractivity contribution in [3.8, 4) is 5.75 Å². The van der Waals surface area contributed by atoms with Crippen LogP contribution < -0.4 is 26.8 Å². The number of nitrogens with one attached hydrogen (secondary N) is 3. The van der Waals surface area contributed by atoms with Gasteiger partial charge in [-0.2, -0.15) is 13.2 Å². The van der Waals surface area contributed by atoms with Crippen LogP contribution in [0.1, 0.15) is 37.0 Å². The summed E-state index contributed by atoms with van der Waals surface area (Å²) in [5.41, 5.74) is 12.4. The van der Waals surface area contributed by atoms with E-state index in [2.05, 4.69) is 10.6 Å². The zero-order valence-electron chi connectivity index (χ0n) is 23.0. The maximum Gasteiger partial charge on any atom is 0.490 e. The molecule has 228 valence electrons. The lowest BCUT2D eigenvalue weighted by atomic mass is 9.98. The van der Waals surface area contributed by atoms with E-state index in [1.165, 1.54) is 24.3 Å². The minimum absolute atomic E-state index is 0.0500. The van der Waals surface area contributed by atoms with Crippen molar-refractivity contribution >= 4 is 23.7 Å². The Kier molecular flexibility index (Phi) is 11.1. The first-order valence-corrected chi connectivity index (χ1v) is 13.4. The van der Waals surface area contributed by atoms with Crippen LogP contribution in [-0.4, -0.2) is 72.6 Å². The van der Waals surface area contributed by atoms with Gasteiger partial charge in [0.1, 0.15) is 11.8 Å². The molecule has 2 amide bonds. The number of carbonyl (C=O) groups excluding carboxylic acids is 3. The number of likely N-dealkylation sites (tertiary alicyclic amines) is 1. The molecule has 1 saturated heterocycles. The summed E-state index contributed by atoms with van der Waals surface area (Å²) in [6, 6.07) is 10.8. The minimum atomic E-state index is -5.35. The molecule has 42 heavy (non-hydrogen) atoms. The van der Waals surface area contributed by atoms with Crippen LogP contribution >= 0.6 is 0 Å². The van der Waals surface area contributed by atoms with Gasteiger partial charge in [0.25, 0.3) is 0 Å². The van der Waals surface area contributed by atoms with Gasteiger partial charge in [0.2, 0.25) is 11.8 Å². The smallest absolute Gasteiger partial charge is 0.490 e. The number of guanidine groups is 1. The Morgan fingerprint density at radius 3 is 2.21 bits per heavy atom. The number of piperidine rings is 1. The summed E-state index contributed by atoms with van der Waals surface area (Å²) in [6.07, 6.45) is -6.33. The Bertz CT molecular complexity index is 1220. The molecular formula is C28H35F3N6O5. The third-order valence-corrected chi connectivity index (χ3v) is 6.69. The Balaban J connectivity index is 1.85. The number of hydrogen-bond acceptors (Lipinski definition) is 7. The summed E-state index contributed by atoms with van der Waals surface area (Å²) in [7, 11) is 0. The molecule has 11 nitrogen and oxygen atoms in total. The van der Waals surface area contributed by atoms with Crippen LogP contribution in [0.25, 0.3) is 0 Å². The van der Waals surface area contributed by atoms with Gasteiger partial charge in [0, 0.05) is 19.1 Å². The summed E-state index contributed by atoms with van der Waals surface area (Å²) >= 11 is 0. The Morgan fingerprint density at radius 2 is 1.67 bits per heavy atom. The molecule has 1 unspecified atom stereocenters. The van der Waals surface area contributed by atoms with E-state index in [1.54, 1.807) is 35.2 Å². The quantitative estimate of drug-likeness (QED) is 0.149. The number of ether oxygens (including phenoxy) is 2. The first kappa shape index (κ1) is 32.2.